The topological polar surface area (TPSA) is 174 Å². The Hall–Kier alpha value is -4.07. The Morgan fingerprint density at radius 1 is 1.08 bits per heavy atom. The van der Waals surface area contributed by atoms with Crippen molar-refractivity contribution in [1.29, 1.82) is 0 Å². The van der Waals surface area contributed by atoms with E-state index in [1.54, 1.807) is 18.2 Å². The number of sulfonamides is 1. The smallest absolute Gasteiger partial charge is 0.327 e. The summed E-state index contributed by atoms with van der Waals surface area (Å²) in [6, 6.07) is 13.3. The summed E-state index contributed by atoms with van der Waals surface area (Å²) in [4.78, 5) is 34.9. The van der Waals surface area contributed by atoms with Gasteiger partial charge in [-0.05, 0) is 35.9 Å². The highest BCUT2D eigenvalue weighted by Crippen LogP contribution is 2.29. The van der Waals surface area contributed by atoms with Crippen molar-refractivity contribution in [2.75, 3.05) is 19.0 Å². The molecule has 0 fully saturated rings. The van der Waals surface area contributed by atoms with E-state index in [0.29, 0.717) is 5.39 Å². The maximum atomic E-state index is 12.8. The number of amides is 1. The van der Waals surface area contributed by atoms with Crippen LogP contribution in [0.1, 0.15) is 6.92 Å². The van der Waals surface area contributed by atoms with Gasteiger partial charge in [-0.15, -0.1) is 0 Å². The minimum Gasteiger partial charge on any atom is -0.494 e. The van der Waals surface area contributed by atoms with Crippen LogP contribution in [0.2, 0.25) is 0 Å². The van der Waals surface area contributed by atoms with Gasteiger partial charge >= 0.3 is 5.97 Å². The number of ether oxygens (including phenoxy) is 2. The molecule has 3 aromatic rings. The number of anilines is 1. The van der Waals surface area contributed by atoms with Crippen LogP contribution in [0.15, 0.2) is 65.6 Å². The van der Waals surface area contributed by atoms with Crippen LogP contribution in [0.4, 0.5) is 11.4 Å². The largest absolute Gasteiger partial charge is 0.494 e. The standard InChI is InChI=1S/C23H23N3O9S/c1-14(27)22(25-36(32,33)18-9-7-15-5-3-4-6-16(15)11-18)23(29)35-13-21(28)24-19-10-8-17(26(30)31)12-20(19)34-2/h3-12,14,22,25,27H,13H2,1-2H3,(H,24,28)/t14-,22-/m1/s1. The Morgan fingerprint density at radius 2 is 1.78 bits per heavy atom. The number of carbonyl (C=O) groups is 2. The van der Waals surface area contributed by atoms with Crippen molar-refractivity contribution in [3.63, 3.8) is 0 Å². The van der Waals surface area contributed by atoms with Crippen molar-refractivity contribution in [3.8, 4) is 5.75 Å². The molecule has 3 rings (SSSR count). The second-order valence-corrected chi connectivity index (χ2v) is 9.36. The van der Waals surface area contributed by atoms with E-state index in [4.69, 9.17) is 9.47 Å². The number of aliphatic hydroxyl groups is 1. The number of hydrogen-bond donors (Lipinski definition) is 3. The van der Waals surface area contributed by atoms with Crippen LogP contribution in [0.5, 0.6) is 5.75 Å². The Bertz CT molecular complexity index is 1410. The Labute approximate surface area is 206 Å². The van der Waals surface area contributed by atoms with Crippen LogP contribution in [-0.4, -0.2) is 56.2 Å². The van der Waals surface area contributed by atoms with Crippen molar-refractivity contribution in [1.82, 2.24) is 4.72 Å². The molecule has 190 valence electrons. The van der Waals surface area contributed by atoms with Gasteiger partial charge in [-0.25, -0.2) is 8.42 Å². The molecule has 3 aromatic carbocycles. The predicted molar refractivity (Wildman–Crippen MR) is 129 cm³/mol. The number of fused-ring (bicyclic) bond motifs is 1. The molecule has 0 spiro atoms. The molecule has 36 heavy (non-hydrogen) atoms. The summed E-state index contributed by atoms with van der Waals surface area (Å²) in [5.41, 5.74) is -0.164. The summed E-state index contributed by atoms with van der Waals surface area (Å²) >= 11 is 0. The van der Waals surface area contributed by atoms with Gasteiger partial charge in [-0.2, -0.15) is 4.72 Å². The molecule has 0 aliphatic rings. The fourth-order valence-electron chi connectivity index (χ4n) is 3.22. The minimum atomic E-state index is -4.23. The van der Waals surface area contributed by atoms with E-state index in [-0.39, 0.29) is 22.0 Å². The molecule has 1 amide bonds. The number of hydrogen-bond acceptors (Lipinski definition) is 9. The number of non-ortho nitro benzene ring substituents is 1. The number of rotatable bonds is 10. The van der Waals surface area contributed by atoms with Crippen molar-refractivity contribution in [2.24, 2.45) is 0 Å². The van der Waals surface area contributed by atoms with E-state index < -0.39 is 45.6 Å². The average molecular weight is 518 g/mol. The Kier molecular flexibility index (Phi) is 8.19. The van der Waals surface area contributed by atoms with Gasteiger partial charge in [0.15, 0.2) is 6.61 Å². The van der Waals surface area contributed by atoms with E-state index in [1.165, 1.54) is 32.2 Å². The van der Waals surface area contributed by atoms with Gasteiger partial charge < -0.3 is 19.9 Å². The highest BCUT2D eigenvalue weighted by Gasteiger charge is 2.31. The molecule has 0 saturated heterocycles. The molecule has 3 N–H and O–H groups in total. The molecule has 12 nitrogen and oxygen atoms in total. The van der Waals surface area contributed by atoms with Crippen LogP contribution in [-0.2, 0) is 24.3 Å². The SMILES string of the molecule is COc1cc([N+](=O)[O-])ccc1NC(=O)COC(=O)[C@H](NS(=O)(=O)c1ccc2ccccc2c1)[C@@H](C)O. The van der Waals surface area contributed by atoms with Gasteiger partial charge in [-0.1, -0.05) is 30.3 Å². The lowest BCUT2D eigenvalue weighted by Gasteiger charge is -2.20. The zero-order valence-corrected chi connectivity index (χ0v) is 20.0. The Morgan fingerprint density at radius 3 is 2.42 bits per heavy atom. The summed E-state index contributed by atoms with van der Waals surface area (Å²) < 4.78 is 37.7. The number of methoxy groups -OCH3 is 1. The first-order valence-electron chi connectivity index (χ1n) is 10.5. The van der Waals surface area contributed by atoms with E-state index in [9.17, 15) is 33.2 Å². The minimum absolute atomic E-state index is 0.00822. The number of carbonyl (C=O) groups excluding carboxylic acids is 2. The second-order valence-electron chi connectivity index (χ2n) is 7.65. The summed E-state index contributed by atoms with van der Waals surface area (Å²) in [6.07, 6.45) is -1.48. The molecule has 0 aliphatic heterocycles. The Balaban J connectivity index is 1.67. The molecule has 13 heteroatoms. The molecule has 0 bridgehead atoms. The second kappa shape index (κ2) is 11.1. The van der Waals surface area contributed by atoms with Crippen LogP contribution >= 0.6 is 0 Å². The third kappa shape index (κ3) is 6.33. The molecule has 0 aromatic heterocycles. The summed E-state index contributed by atoms with van der Waals surface area (Å²) in [5.74, 6) is -1.99. The molecular formula is C23H23N3O9S. The molecule has 0 unspecified atom stereocenters. The lowest BCUT2D eigenvalue weighted by atomic mass is 10.1. The fourth-order valence-corrected chi connectivity index (χ4v) is 4.52. The highest BCUT2D eigenvalue weighted by atomic mass is 32.2. The number of nitrogens with zero attached hydrogens (tertiary/aromatic N) is 1. The predicted octanol–water partition coefficient (Wildman–Crippen LogP) is 1.97. The van der Waals surface area contributed by atoms with Gasteiger partial charge in [0.05, 0.1) is 34.8 Å². The number of nitro benzene ring substituents is 1. The van der Waals surface area contributed by atoms with E-state index in [1.807, 2.05) is 12.1 Å². The zero-order chi connectivity index (χ0) is 26.5. The number of esters is 1. The van der Waals surface area contributed by atoms with Crippen molar-refractivity contribution < 1.29 is 37.5 Å². The number of aliphatic hydroxyl groups excluding tert-OH is 1. The monoisotopic (exact) mass is 517 g/mol. The molecule has 2 atom stereocenters. The van der Waals surface area contributed by atoms with Gasteiger partial charge in [0.25, 0.3) is 11.6 Å². The molecular weight excluding hydrogens is 494 g/mol. The summed E-state index contributed by atoms with van der Waals surface area (Å²) in [5, 5.41) is 24.7. The van der Waals surface area contributed by atoms with Crippen molar-refractivity contribution in [3.05, 3.63) is 70.8 Å². The van der Waals surface area contributed by atoms with E-state index in [0.717, 1.165) is 17.5 Å². The number of benzene rings is 3. The average Bonchev–Trinajstić information content (AvgIpc) is 2.85. The van der Waals surface area contributed by atoms with Crippen molar-refractivity contribution >= 4 is 44.0 Å². The third-order valence-corrected chi connectivity index (χ3v) is 6.50. The van der Waals surface area contributed by atoms with Crippen LogP contribution in [0.3, 0.4) is 0 Å². The van der Waals surface area contributed by atoms with Crippen LogP contribution < -0.4 is 14.8 Å². The summed E-state index contributed by atoms with van der Waals surface area (Å²) in [6.45, 7) is 0.372. The molecule has 0 saturated carbocycles. The quantitative estimate of drug-likeness (QED) is 0.206. The molecule has 0 radical (unpaired) electrons. The molecule has 0 heterocycles. The number of nitro groups is 1. The summed E-state index contributed by atoms with van der Waals surface area (Å²) in [7, 11) is -2.98. The highest BCUT2D eigenvalue weighted by molar-refractivity contribution is 7.89. The number of nitrogens with one attached hydrogen (secondary N) is 2. The van der Waals surface area contributed by atoms with Crippen molar-refractivity contribution in [2.45, 2.75) is 24.0 Å². The van der Waals surface area contributed by atoms with Gasteiger partial charge in [0.1, 0.15) is 11.8 Å². The lowest BCUT2D eigenvalue weighted by Crippen LogP contribution is -2.48. The maximum absolute atomic E-state index is 12.8. The lowest BCUT2D eigenvalue weighted by molar-refractivity contribution is -0.384. The van der Waals surface area contributed by atoms with Gasteiger partial charge in [-0.3, -0.25) is 19.7 Å². The first-order chi connectivity index (χ1) is 17.0. The zero-order valence-electron chi connectivity index (χ0n) is 19.2. The first kappa shape index (κ1) is 26.5. The fraction of sp³-hybridized carbons (Fsp3) is 0.217. The normalized spacial score (nSPS) is 13.0. The first-order valence-corrected chi connectivity index (χ1v) is 12.0. The third-order valence-electron chi connectivity index (χ3n) is 5.07. The van der Waals surface area contributed by atoms with Gasteiger partial charge in [0.2, 0.25) is 10.0 Å². The van der Waals surface area contributed by atoms with Crippen LogP contribution in [0, 0.1) is 10.1 Å². The van der Waals surface area contributed by atoms with Gasteiger partial charge in [0, 0.05) is 6.07 Å². The van der Waals surface area contributed by atoms with E-state index in [2.05, 4.69) is 10.0 Å². The van der Waals surface area contributed by atoms with E-state index >= 15 is 0 Å². The van der Waals surface area contributed by atoms with Crippen LogP contribution in [0.25, 0.3) is 10.8 Å². The maximum Gasteiger partial charge on any atom is 0.327 e. The molecule has 0 aliphatic carbocycles.